The molecule has 3 heterocycles. The third-order valence-corrected chi connectivity index (χ3v) is 5.58. The van der Waals surface area contributed by atoms with Crippen LogP contribution < -0.4 is 5.56 Å². The molecule has 0 radical (unpaired) electrons. The van der Waals surface area contributed by atoms with E-state index in [2.05, 4.69) is 10.1 Å². The minimum atomic E-state index is -0.297. The zero-order valence-electron chi connectivity index (χ0n) is 17.2. The summed E-state index contributed by atoms with van der Waals surface area (Å²) < 4.78 is 8.87. The molecule has 0 fully saturated rings. The molecule has 0 aliphatic carbocycles. The second-order valence-electron chi connectivity index (χ2n) is 7.41. The fourth-order valence-electron chi connectivity index (χ4n) is 3.73. The van der Waals surface area contributed by atoms with Crippen molar-refractivity contribution in [3.63, 3.8) is 0 Å². The Kier molecular flexibility index (Phi) is 5.13. The van der Waals surface area contributed by atoms with Crippen LogP contribution in [0.4, 0.5) is 0 Å². The molecule has 2 aromatic carbocycles. The summed E-state index contributed by atoms with van der Waals surface area (Å²) in [6.45, 7) is 1.74. The first kappa shape index (κ1) is 20.2. The molecule has 0 saturated carbocycles. The molecule has 0 spiro atoms. The molecule has 0 aliphatic heterocycles. The quantitative estimate of drug-likeness (QED) is 0.434. The summed E-state index contributed by atoms with van der Waals surface area (Å²) in [6.07, 6.45) is 3.36. The van der Waals surface area contributed by atoms with Gasteiger partial charge in [-0.25, -0.2) is 9.50 Å². The number of fused-ring (bicyclic) bond motifs is 1. The monoisotopic (exact) mass is 446 g/mol. The lowest BCUT2D eigenvalue weighted by molar-refractivity contribution is 0.283. The van der Waals surface area contributed by atoms with Crippen molar-refractivity contribution in [2.24, 2.45) is 0 Å². The fourth-order valence-corrected chi connectivity index (χ4v) is 3.92. The lowest BCUT2D eigenvalue weighted by atomic mass is 10.1. The van der Waals surface area contributed by atoms with Crippen molar-refractivity contribution in [1.29, 1.82) is 0 Å². The fraction of sp³-hybridized carbons (Fsp3) is 0.125. The summed E-state index contributed by atoms with van der Waals surface area (Å²) in [5.74, 6) is 1.06. The van der Waals surface area contributed by atoms with Gasteiger partial charge in [0.25, 0.3) is 5.56 Å². The highest BCUT2D eigenvalue weighted by atomic mass is 35.5. The van der Waals surface area contributed by atoms with Crippen LogP contribution >= 0.6 is 11.6 Å². The topological polar surface area (TPSA) is 85.6 Å². The third kappa shape index (κ3) is 3.51. The summed E-state index contributed by atoms with van der Waals surface area (Å²) in [7, 11) is 0. The van der Waals surface area contributed by atoms with Crippen molar-refractivity contribution < 1.29 is 9.52 Å². The maximum Gasteiger partial charge on any atom is 0.277 e. The number of hydrogen-bond acceptors (Lipinski definition) is 5. The molecular formula is C24H19ClN4O3. The van der Waals surface area contributed by atoms with Crippen LogP contribution in [0.3, 0.4) is 0 Å². The maximum absolute atomic E-state index is 13.3. The summed E-state index contributed by atoms with van der Waals surface area (Å²) in [6, 6.07) is 16.7. The van der Waals surface area contributed by atoms with E-state index in [1.165, 1.54) is 9.08 Å². The number of oxazole rings is 1. The summed E-state index contributed by atoms with van der Waals surface area (Å²) in [5, 5.41) is 15.1. The molecule has 0 unspecified atom stereocenters. The van der Waals surface area contributed by atoms with E-state index in [-0.39, 0.29) is 18.7 Å². The normalized spacial score (nSPS) is 11.3. The Bertz CT molecular complexity index is 1480. The van der Waals surface area contributed by atoms with E-state index in [9.17, 15) is 9.90 Å². The van der Waals surface area contributed by atoms with Crippen molar-refractivity contribution in [2.75, 3.05) is 0 Å². The number of aromatic nitrogens is 4. The second kappa shape index (κ2) is 8.11. The van der Waals surface area contributed by atoms with Gasteiger partial charge in [0.2, 0.25) is 5.89 Å². The second-order valence-corrected chi connectivity index (χ2v) is 7.84. The molecular weight excluding hydrogens is 428 g/mol. The minimum absolute atomic E-state index is 0.224. The molecule has 3 aromatic heterocycles. The number of benzene rings is 2. The maximum atomic E-state index is 13.3. The van der Waals surface area contributed by atoms with Gasteiger partial charge in [-0.1, -0.05) is 48.0 Å². The minimum Gasteiger partial charge on any atom is -0.441 e. The predicted molar refractivity (Wildman–Crippen MR) is 122 cm³/mol. The van der Waals surface area contributed by atoms with Crippen LogP contribution in [-0.2, 0) is 13.2 Å². The zero-order valence-corrected chi connectivity index (χ0v) is 18.0. The van der Waals surface area contributed by atoms with E-state index >= 15 is 0 Å². The summed E-state index contributed by atoms with van der Waals surface area (Å²) in [4.78, 5) is 17.9. The van der Waals surface area contributed by atoms with Gasteiger partial charge >= 0.3 is 0 Å². The Morgan fingerprint density at radius 3 is 2.59 bits per heavy atom. The number of rotatable bonds is 5. The van der Waals surface area contributed by atoms with Crippen LogP contribution in [-0.4, -0.2) is 24.3 Å². The van der Waals surface area contributed by atoms with Gasteiger partial charge in [-0.3, -0.25) is 4.79 Å². The molecule has 0 bridgehead atoms. The number of aliphatic hydroxyl groups excluding tert-OH is 1. The van der Waals surface area contributed by atoms with Crippen LogP contribution in [0.15, 0.2) is 76.2 Å². The summed E-state index contributed by atoms with van der Waals surface area (Å²) >= 11 is 6.08. The van der Waals surface area contributed by atoms with E-state index in [0.29, 0.717) is 39.1 Å². The van der Waals surface area contributed by atoms with E-state index in [0.717, 1.165) is 11.1 Å². The van der Waals surface area contributed by atoms with Crippen molar-refractivity contribution in [3.8, 4) is 22.7 Å². The van der Waals surface area contributed by atoms with Crippen LogP contribution in [0.5, 0.6) is 0 Å². The van der Waals surface area contributed by atoms with E-state index < -0.39 is 0 Å². The molecule has 32 heavy (non-hydrogen) atoms. The van der Waals surface area contributed by atoms with Crippen LogP contribution in [0, 0.1) is 6.92 Å². The molecule has 5 rings (SSSR count). The molecule has 5 aromatic rings. The molecule has 160 valence electrons. The highest BCUT2D eigenvalue weighted by Gasteiger charge is 2.19. The van der Waals surface area contributed by atoms with Gasteiger partial charge in [-0.05, 0) is 25.1 Å². The molecule has 7 nitrogen and oxygen atoms in total. The molecule has 1 N–H and O–H groups in total. The van der Waals surface area contributed by atoms with Gasteiger partial charge in [0, 0.05) is 34.1 Å². The highest BCUT2D eigenvalue weighted by molar-refractivity contribution is 6.30. The molecule has 0 saturated heterocycles. The highest BCUT2D eigenvalue weighted by Crippen LogP contribution is 2.26. The van der Waals surface area contributed by atoms with E-state index in [1.54, 1.807) is 24.5 Å². The zero-order chi connectivity index (χ0) is 22.2. The third-order valence-electron chi connectivity index (χ3n) is 5.35. The van der Waals surface area contributed by atoms with Crippen LogP contribution in [0.2, 0.25) is 5.02 Å². The number of aliphatic hydroxyl groups is 1. The number of halogens is 1. The van der Waals surface area contributed by atoms with Gasteiger partial charge in [0.05, 0.1) is 18.8 Å². The Hall–Kier alpha value is -3.68. The van der Waals surface area contributed by atoms with Gasteiger partial charge in [0.15, 0.2) is 0 Å². The first-order chi connectivity index (χ1) is 15.5. The van der Waals surface area contributed by atoms with E-state index in [4.69, 9.17) is 16.0 Å². The summed E-state index contributed by atoms with van der Waals surface area (Å²) in [5.41, 5.74) is 3.39. The Morgan fingerprint density at radius 2 is 1.84 bits per heavy atom. The van der Waals surface area contributed by atoms with Gasteiger partial charge in [0.1, 0.15) is 17.0 Å². The van der Waals surface area contributed by atoms with Crippen molar-refractivity contribution in [2.45, 2.75) is 20.1 Å². The van der Waals surface area contributed by atoms with Crippen molar-refractivity contribution >= 4 is 17.1 Å². The Labute approximate surface area is 188 Å². The number of hydrogen-bond donors (Lipinski definition) is 1. The average molecular weight is 447 g/mol. The van der Waals surface area contributed by atoms with Gasteiger partial charge < -0.3 is 14.1 Å². The first-order valence-electron chi connectivity index (χ1n) is 10.0. The standard InChI is InChI=1S/C24H19ClN4O3/c1-15-20(26-23(32-15)17-8-5-9-18(25)12-17)13-28-10-11-29-22(24(28)31)19(14-30)21(27-29)16-6-3-2-4-7-16/h2-12,30H,13-14H2,1H3. The largest absolute Gasteiger partial charge is 0.441 e. The average Bonchev–Trinajstić information content (AvgIpc) is 3.37. The van der Waals surface area contributed by atoms with Crippen LogP contribution in [0.25, 0.3) is 28.2 Å². The lowest BCUT2D eigenvalue weighted by Crippen LogP contribution is -2.23. The molecule has 8 heteroatoms. The molecule has 0 aliphatic rings. The van der Waals surface area contributed by atoms with Crippen molar-refractivity contribution in [1.82, 2.24) is 19.2 Å². The smallest absolute Gasteiger partial charge is 0.277 e. The Balaban J connectivity index is 1.56. The molecule has 0 amide bonds. The van der Waals surface area contributed by atoms with Crippen molar-refractivity contribution in [3.05, 3.63) is 99.4 Å². The number of nitrogens with zero attached hydrogens (tertiary/aromatic N) is 4. The molecule has 0 atom stereocenters. The predicted octanol–water partition coefficient (Wildman–Crippen LogP) is 4.32. The lowest BCUT2D eigenvalue weighted by Gasteiger charge is -2.05. The SMILES string of the molecule is Cc1oc(-c2cccc(Cl)c2)nc1Cn1ccn2nc(-c3ccccc3)c(CO)c2c1=O. The Morgan fingerprint density at radius 1 is 1.06 bits per heavy atom. The number of aryl methyl sites for hydroxylation is 1. The van der Waals surface area contributed by atoms with E-state index in [1.807, 2.05) is 49.4 Å². The van der Waals surface area contributed by atoms with Gasteiger partial charge in [-0.15, -0.1) is 0 Å². The van der Waals surface area contributed by atoms with Gasteiger partial charge in [-0.2, -0.15) is 5.10 Å². The van der Waals surface area contributed by atoms with Crippen LogP contribution in [0.1, 0.15) is 17.0 Å². The first-order valence-corrected chi connectivity index (χ1v) is 10.4.